The lowest BCUT2D eigenvalue weighted by atomic mass is 9.97. The maximum atomic E-state index is 15.1. The van der Waals surface area contributed by atoms with Crippen LogP contribution in [0.5, 0.6) is 0 Å². The molecule has 4 rings (SSSR count). The largest absolute Gasteiger partial charge is 0.206 e. The summed E-state index contributed by atoms with van der Waals surface area (Å²) in [6.07, 6.45) is 1.77. The molecule has 0 radical (unpaired) electrons. The highest BCUT2D eigenvalue weighted by Crippen LogP contribution is 2.32. The molecule has 0 bridgehead atoms. The topological polar surface area (TPSA) is 0 Å². The van der Waals surface area contributed by atoms with Gasteiger partial charge in [0.25, 0.3) is 0 Å². The Morgan fingerprint density at radius 3 is 1.97 bits per heavy atom. The molecule has 5 heteroatoms. The lowest BCUT2D eigenvalue weighted by Crippen LogP contribution is -1.94. The third kappa shape index (κ3) is 4.22. The first-order chi connectivity index (χ1) is 15.4. The number of fused-ring (bicyclic) bond motifs is 1. The summed E-state index contributed by atoms with van der Waals surface area (Å²) < 4.78 is 69.6. The van der Waals surface area contributed by atoms with Gasteiger partial charge < -0.3 is 0 Å². The number of benzene rings is 4. The predicted molar refractivity (Wildman–Crippen MR) is 116 cm³/mol. The van der Waals surface area contributed by atoms with Crippen LogP contribution in [0, 0.1) is 40.9 Å². The van der Waals surface area contributed by atoms with Crippen LogP contribution >= 0.6 is 0 Å². The van der Waals surface area contributed by atoms with Gasteiger partial charge in [0.1, 0.15) is 11.6 Å². The maximum Gasteiger partial charge on any atom is 0.194 e. The Morgan fingerprint density at radius 1 is 0.656 bits per heavy atom. The van der Waals surface area contributed by atoms with Crippen molar-refractivity contribution in [2.45, 2.75) is 19.8 Å². The van der Waals surface area contributed by atoms with Crippen LogP contribution in [0.3, 0.4) is 0 Å². The molecule has 0 aliphatic carbocycles. The second-order valence-corrected chi connectivity index (χ2v) is 7.43. The zero-order valence-electron chi connectivity index (χ0n) is 17.1. The van der Waals surface area contributed by atoms with Gasteiger partial charge in [-0.3, -0.25) is 0 Å². The molecule has 4 aromatic carbocycles. The van der Waals surface area contributed by atoms with E-state index in [9.17, 15) is 17.6 Å². The molecule has 0 heterocycles. The average Bonchev–Trinajstić information content (AvgIpc) is 2.77. The Hall–Kier alpha value is -3.65. The summed E-state index contributed by atoms with van der Waals surface area (Å²) in [4.78, 5) is 0. The molecule has 160 valence electrons. The van der Waals surface area contributed by atoms with E-state index in [1.165, 1.54) is 18.2 Å². The molecule has 0 atom stereocenters. The normalized spacial score (nSPS) is 10.8. The van der Waals surface area contributed by atoms with Gasteiger partial charge >= 0.3 is 0 Å². The van der Waals surface area contributed by atoms with Crippen molar-refractivity contribution >= 4 is 10.8 Å². The quantitative estimate of drug-likeness (QED) is 0.177. The maximum absolute atomic E-state index is 15.1. The third-order valence-corrected chi connectivity index (χ3v) is 5.14. The number of hydrogen-bond donors (Lipinski definition) is 0. The Morgan fingerprint density at radius 2 is 1.31 bits per heavy atom. The molecule has 32 heavy (non-hydrogen) atoms. The average molecular weight is 436 g/mol. The lowest BCUT2D eigenvalue weighted by molar-refractivity contribution is 0.446. The van der Waals surface area contributed by atoms with Crippen LogP contribution in [0.15, 0.2) is 60.7 Å². The summed E-state index contributed by atoms with van der Waals surface area (Å²) in [5, 5.41) is 0.849. The first-order valence-electron chi connectivity index (χ1n) is 10.0. The van der Waals surface area contributed by atoms with E-state index in [4.69, 9.17) is 0 Å². The van der Waals surface area contributed by atoms with E-state index in [1.54, 1.807) is 24.3 Å². The molecule has 0 amide bonds. The van der Waals surface area contributed by atoms with Crippen LogP contribution in [0.4, 0.5) is 22.0 Å². The van der Waals surface area contributed by atoms with Gasteiger partial charge in [-0.05, 0) is 53.3 Å². The molecule has 0 saturated carbocycles. The fraction of sp³-hybridized carbons (Fsp3) is 0.111. The first kappa shape index (κ1) is 21.6. The molecule has 0 N–H and O–H groups in total. The van der Waals surface area contributed by atoms with Gasteiger partial charge in [-0.15, -0.1) is 0 Å². The second-order valence-electron chi connectivity index (χ2n) is 7.43. The fourth-order valence-electron chi connectivity index (χ4n) is 3.58. The Bertz CT molecular complexity index is 1350. The third-order valence-electron chi connectivity index (χ3n) is 5.14. The number of halogens is 5. The highest BCUT2D eigenvalue weighted by atomic mass is 19.2. The Balaban J connectivity index is 1.67. The van der Waals surface area contributed by atoms with Crippen LogP contribution < -0.4 is 0 Å². The van der Waals surface area contributed by atoms with Gasteiger partial charge in [0, 0.05) is 16.5 Å². The van der Waals surface area contributed by atoms with E-state index in [-0.39, 0.29) is 11.1 Å². The van der Waals surface area contributed by atoms with Crippen molar-refractivity contribution in [3.8, 4) is 23.0 Å². The Labute approximate surface area is 182 Å². The zero-order chi connectivity index (χ0) is 22.8. The van der Waals surface area contributed by atoms with Crippen molar-refractivity contribution in [2.24, 2.45) is 0 Å². The van der Waals surface area contributed by atoms with Crippen molar-refractivity contribution in [1.29, 1.82) is 0 Å². The first-order valence-corrected chi connectivity index (χ1v) is 10.0. The number of rotatable bonds is 3. The fourth-order valence-corrected chi connectivity index (χ4v) is 3.58. The molecular formula is C27H17F5. The van der Waals surface area contributed by atoms with E-state index in [0.29, 0.717) is 21.9 Å². The molecule has 0 saturated heterocycles. The minimum Gasteiger partial charge on any atom is -0.206 e. The van der Waals surface area contributed by atoms with Gasteiger partial charge in [-0.1, -0.05) is 55.5 Å². The van der Waals surface area contributed by atoms with Gasteiger partial charge in [-0.25, -0.2) is 22.0 Å². The monoisotopic (exact) mass is 436 g/mol. The SMILES string of the molecule is CCCc1ccc2c(F)c(-c3ccc(C#Cc4cc(F)c(F)c(F)c4)cc3)c(F)cc2c1. The molecule has 0 nitrogen and oxygen atoms in total. The van der Waals surface area contributed by atoms with E-state index in [2.05, 4.69) is 11.8 Å². The van der Waals surface area contributed by atoms with Crippen molar-refractivity contribution in [3.05, 3.63) is 106 Å². The van der Waals surface area contributed by atoms with Crippen molar-refractivity contribution in [2.75, 3.05) is 0 Å². The van der Waals surface area contributed by atoms with E-state index in [1.807, 2.05) is 13.0 Å². The Kier molecular flexibility index (Phi) is 5.96. The van der Waals surface area contributed by atoms with Crippen molar-refractivity contribution in [3.63, 3.8) is 0 Å². The molecule has 0 spiro atoms. The van der Waals surface area contributed by atoms with E-state index < -0.39 is 29.1 Å². The summed E-state index contributed by atoms with van der Waals surface area (Å²) in [7, 11) is 0. The zero-order valence-corrected chi connectivity index (χ0v) is 17.1. The minimum atomic E-state index is -1.55. The summed E-state index contributed by atoms with van der Waals surface area (Å²) in [5.74, 6) is -0.268. The summed E-state index contributed by atoms with van der Waals surface area (Å²) >= 11 is 0. The van der Waals surface area contributed by atoms with E-state index in [0.717, 1.165) is 30.5 Å². The van der Waals surface area contributed by atoms with Crippen molar-refractivity contribution < 1.29 is 22.0 Å². The van der Waals surface area contributed by atoms with Gasteiger partial charge in [0.15, 0.2) is 17.5 Å². The van der Waals surface area contributed by atoms with Crippen LogP contribution in [-0.2, 0) is 6.42 Å². The second kappa shape index (κ2) is 8.84. The molecule has 0 fully saturated rings. The molecular weight excluding hydrogens is 419 g/mol. The molecule has 4 aromatic rings. The molecule has 0 unspecified atom stereocenters. The number of hydrogen-bond acceptors (Lipinski definition) is 0. The summed E-state index contributed by atoms with van der Waals surface area (Å²) in [5.41, 5.74) is 1.66. The molecule has 0 aromatic heterocycles. The van der Waals surface area contributed by atoms with Crippen LogP contribution in [0.1, 0.15) is 30.0 Å². The standard InChI is InChI=1S/C27H17F5/c1-2-3-17-8-11-21-20(12-17)15-22(28)25(26(21)31)19-9-6-16(7-10-19)4-5-18-13-23(29)27(32)24(30)14-18/h6-15H,2-3H2,1H3. The van der Waals surface area contributed by atoms with Gasteiger partial charge in [0.05, 0.1) is 5.56 Å². The van der Waals surface area contributed by atoms with Crippen molar-refractivity contribution in [1.82, 2.24) is 0 Å². The predicted octanol–water partition coefficient (Wildman–Crippen LogP) is 7.55. The molecule has 0 aliphatic heterocycles. The summed E-state index contributed by atoms with van der Waals surface area (Å²) in [6.45, 7) is 2.04. The highest BCUT2D eigenvalue weighted by molar-refractivity contribution is 5.89. The highest BCUT2D eigenvalue weighted by Gasteiger charge is 2.16. The lowest BCUT2D eigenvalue weighted by Gasteiger charge is -2.10. The summed E-state index contributed by atoms with van der Waals surface area (Å²) in [6, 6.07) is 14.4. The number of aryl methyl sites for hydroxylation is 1. The van der Waals surface area contributed by atoms with Crippen LogP contribution in [0.25, 0.3) is 21.9 Å². The van der Waals surface area contributed by atoms with Crippen LogP contribution in [0.2, 0.25) is 0 Å². The van der Waals surface area contributed by atoms with Gasteiger partial charge in [-0.2, -0.15) is 0 Å². The molecule has 0 aliphatic rings. The smallest absolute Gasteiger partial charge is 0.194 e. The van der Waals surface area contributed by atoms with Crippen LogP contribution in [-0.4, -0.2) is 0 Å². The minimum absolute atomic E-state index is 0.0282. The van der Waals surface area contributed by atoms with E-state index >= 15 is 4.39 Å². The van der Waals surface area contributed by atoms with Gasteiger partial charge in [0.2, 0.25) is 0 Å².